The molecule has 0 radical (unpaired) electrons. The van der Waals surface area contributed by atoms with Gasteiger partial charge in [-0.3, -0.25) is 9.59 Å². The lowest BCUT2D eigenvalue weighted by Crippen LogP contribution is -2.37. The lowest BCUT2D eigenvalue weighted by Gasteiger charge is -2.19. The first-order chi connectivity index (χ1) is 15.3. The molecule has 0 saturated carbocycles. The van der Waals surface area contributed by atoms with E-state index in [1.165, 1.54) is 25.1 Å². The molecule has 0 saturated heterocycles. The number of esters is 1. The fourth-order valence-corrected chi connectivity index (χ4v) is 3.16. The molecule has 3 aromatic rings. The molecule has 0 aromatic heterocycles. The molecule has 0 aliphatic rings. The molecule has 1 amide bonds. The van der Waals surface area contributed by atoms with Crippen molar-refractivity contribution < 1.29 is 23.5 Å². The van der Waals surface area contributed by atoms with Crippen LogP contribution in [0.2, 0.25) is 0 Å². The van der Waals surface area contributed by atoms with Gasteiger partial charge < -0.3 is 10.1 Å². The Bertz CT molecular complexity index is 1120. The molecule has 0 fully saturated rings. The van der Waals surface area contributed by atoms with E-state index in [1.54, 1.807) is 49.4 Å². The van der Waals surface area contributed by atoms with E-state index in [9.17, 15) is 18.8 Å². The number of benzene rings is 3. The minimum Gasteiger partial charge on any atom is -0.449 e. The van der Waals surface area contributed by atoms with Crippen LogP contribution in [0.25, 0.3) is 0 Å². The average Bonchev–Trinajstić information content (AvgIpc) is 2.79. The van der Waals surface area contributed by atoms with Crippen LogP contribution in [0.15, 0.2) is 72.8 Å². The third-order valence-corrected chi connectivity index (χ3v) is 5.09. The maximum absolute atomic E-state index is 13.1. The molecule has 3 aromatic carbocycles. The van der Waals surface area contributed by atoms with Crippen LogP contribution < -0.4 is 5.32 Å². The summed E-state index contributed by atoms with van der Waals surface area (Å²) in [7, 11) is 0. The highest BCUT2D eigenvalue weighted by molar-refractivity contribution is 6.14. The van der Waals surface area contributed by atoms with Crippen molar-refractivity contribution in [3.8, 4) is 0 Å². The summed E-state index contributed by atoms with van der Waals surface area (Å²) in [6.07, 6.45) is -1.09. The number of ether oxygens (including phenoxy) is 1. The molecule has 32 heavy (non-hydrogen) atoms. The van der Waals surface area contributed by atoms with Gasteiger partial charge >= 0.3 is 5.97 Å². The summed E-state index contributed by atoms with van der Waals surface area (Å²) in [5.41, 5.74) is 2.48. The van der Waals surface area contributed by atoms with Crippen molar-refractivity contribution in [1.29, 1.82) is 0 Å². The number of hydrogen-bond acceptors (Lipinski definition) is 4. The maximum Gasteiger partial charge on any atom is 0.339 e. The van der Waals surface area contributed by atoms with E-state index in [-0.39, 0.29) is 22.7 Å². The van der Waals surface area contributed by atoms with Gasteiger partial charge in [-0.05, 0) is 44.5 Å². The van der Waals surface area contributed by atoms with E-state index in [0.717, 1.165) is 5.56 Å². The van der Waals surface area contributed by atoms with E-state index in [2.05, 4.69) is 5.32 Å². The molecular weight excluding hydrogens is 409 g/mol. The van der Waals surface area contributed by atoms with Crippen molar-refractivity contribution in [3.63, 3.8) is 0 Å². The summed E-state index contributed by atoms with van der Waals surface area (Å²) >= 11 is 0. The zero-order chi connectivity index (χ0) is 23.3. The minimum atomic E-state index is -1.09. The van der Waals surface area contributed by atoms with Crippen molar-refractivity contribution in [2.75, 3.05) is 0 Å². The number of ketones is 1. The van der Waals surface area contributed by atoms with E-state index in [1.807, 2.05) is 19.1 Å². The molecule has 6 heteroatoms. The SMILES string of the molecule is Cc1ccc(C(=O)c2ccccc2C(=O)O[C@H](C)C(=O)N[C@@H](C)c2ccc(F)cc2)cc1. The summed E-state index contributed by atoms with van der Waals surface area (Å²) in [6, 6.07) is 18.8. The molecule has 0 bridgehead atoms. The lowest BCUT2D eigenvalue weighted by molar-refractivity contribution is -0.129. The zero-order valence-electron chi connectivity index (χ0n) is 18.1. The predicted octanol–water partition coefficient (Wildman–Crippen LogP) is 4.79. The van der Waals surface area contributed by atoms with Gasteiger partial charge in [0.25, 0.3) is 5.91 Å². The summed E-state index contributed by atoms with van der Waals surface area (Å²) in [5.74, 6) is -1.94. The third-order valence-electron chi connectivity index (χ3n) is 5.09. The Morgan fingerprint density at radius 1 is 0.844 bits per heavy atom. The second kappa shape index (κ2) is 10.0. The molecule has 0 unspecified atom stereocenters. The van der Waals surface area contributed by atoms with Gasteiger partial charge in [0.15, 0.2) is 11.9 Å². The first-order valence-electron chi connectivity index (χ1n) is 10.2. The molecule has 2 atom stereocenters. The van der Waals surface area contributed by atoms with Crippen molar-refractivity contribution in [3.05, 3.63) is 106 Å². The van der Waals surface area contributed by atoms with E-state index in [0.29, 0.717) is 11.1 Å². The van der Waals surface area contributed by atoms with Gasteiger partial charge in [0, 0.05) is 11.1 Å². The molecule has 0 spiro atoms. The monoisotopic (exact) mass is 433 g/mol. The standard InChI is InChI=1S/C26H24FNO4/c1-16-8-10-20(11-9-16)24(29)22-6-4-5-7-23(22)26(31)32-18(3)25(30)28-17(2)19-12-14-21(27)15-13-19/h4-15,17-18H,1-3H3,(H,28,30)/t17-,18+/m0/s1. The van der Waals surface area contributed by atoms with Gasteiger partial charge in [-0.25, -0.2) is 9.18 Å². The molecule has 5 nitrogen and oxygen atoms in total. The Balaban J connectivity index is 1.70. The van der Waals surface area contributed by atoms with E-state index >= 15 is 0 Å². The zero-order valence-corrected chi connectivity index (χ0v) is 18.1. The van der Waals surface area contributed by atoms with Gasteiger partial charge in [0.05, 0.1) is 11.6 Å². The lowest BCUT2D eigenvalue weighted by atomic mass is 9.98. The van der Waals surface area contributed by atoms with Crippen LogP contribution >= 0.6 is 0 Å². The Kier molecular flexibility index (Phi) is 7.15. The number of carbonyl (C=O) groups excluding carboxylic acids is 3. The number of nitrogens with one attached hydrogen (secondary N) is 1. The summed E-state index contributed by atoms with van der Waals surface area (Å²) < 4.78 is 18.4. The molecule has 3 rings (SSSR count). The largest absolute Gasteiger partial charge is 0.449 e. The van der Waals surface area contributed by atoms with Crippen LogP contribution in [0, 0.1) is 12.7 Å². The van der Waals surface area contributed by atoms with Crippen molar-refractivity contribution in [2.45, 2.75) is 32.9 Å². The summed E-state index contributed by atoms with van der Waals surface area (Å²) in [4.78, 5) is 38.2. The number of hydrogen-bond donors (Lipinski definition) is 1. The summed E-state index contributed by atoms with van der Waals surface area (Å²) in [6.45, 7) is 5.12. The average molecular weight is 433 g/mol. The van der Waals surface area contributed by atoms with Gasteiger partial charge in [-0.15, -0.1) is 0 Å². The highest BCUT2D eigenvalue weighted by Gasteiger charge is 2.24. The van der Waals surface area contributed by atoms with Gasteiger partial charge in [0.2, 0.25) is 0 Å². The van der Waals surface area contributed by atoms with Gasteiger partial charge in [-0.1, -0.05) is 60.2 Å². The fraction of sp³-hybridized carbons (Fsp3) is 0.192. The second-order valence-corrected chi connectivity index (χ2v) is 7.57. The highest BCUT2D eigenvalue weighted by atomic mass is 19.1. The number of rotatable bonds is 7. The summed E-state index contributed by atoms with van der Waals surface area (Å²) in [5, 5.41) is 2.74. The van der Waals surface area contributed by atoms with Gasteiger partial charge in [-0.2, -0.15) is 0 Å². The van der Waals surface area contributed by atoms with Crippen molar-refractivity contribution in [2.24, 2.45) is 0 Å². The molecule has 0 aliphatic heterocycles. The minimum absolute atomic E-state index is 0.0873. The normalized spacial score (nSPS) is 12.5. The Hall–Kier alpha value is -3.80. The second-order valence-electron chi connectivity index (χ2n) is 7.57. The van der Waals surface area contributed by atoms with E-state index < -0.39 is 24.0 Å². The van der Waals surface area contributed by atoms with Crippen LogP contribution in [-0.2, 0) is 9.53 Å². The molecule has 0 aliphatic carbocycles. The van der Waals surface area contributed by atoms with Crippen molar-refractivity contribution >= 4 is 17.7 Å². The number of halogens is 1. The van der Waals surface area contributed by atoms with Gasteiger partial charge in [0.1, 0.15) is 5.82 Å². The van der Waals surface area contributed by atoms with Crippen LogP contribution in [0.4, 0.5) is 4.39 Å². The highest BCUT2D eigenvalue weighted by Crippen LogP contribution is 2.18. The Labute approximate surface area is 186 Å². The van der Waals surface area contributed by atoms with Crippen LogP contribution in [0.5, 0.6) is 0 Å². The fourth-order valence-electron chi connectivity index (χ4n) is 3.16. The third kappa shape index (κ3) is 5.46. The van der Waals surface area contributed by atoms with Crippen molar-refractivity contribution in [1.82, 2.24) is 5.32 Å². The van der Waals surface area contributed by atoms with E-state index in [4.69, 9.17) is 4.74 Å². The topological polar surface area (TPSA) is 72.5 Å². The number of aryl methyl sites for hydroxylation is 1. The number of carbonyl (C=O) groups is 3. The van der Waals surface area contributed by atoms with Crippen LogP contribution in [0.3, 0.4) is 0 Å². The predicted molar refractivity (Wildman–Crippen MR) is 119 cm³/mol. The Morgan fingerprint density at radius 3 is 2.06 bits per heavy atom. The first-order valence-corrected chi connectivity index (χ1v) is 10.2. The van der Waals surface area contributed by atoms with Crippen LogP contribution in [0.1, 0.15) is 57.3 Å². The maximum atomic E-state index is 13.1. The smallest absolute Gasteiger partial charge is 0.339 e. The molecule has 164 valence electrons. The quantitative estimate of drug-likeness (QED) is 0.430. The number of amides is 1. The molecule has 0 heterocycles. The molecule has 1 N–H and O–H groups in total. The van der Waals surface area contributed by atoms with Crippen LogP contribution in [-0.4, -0.2) is 23.8 Å². The molecular formula is C26H24FNO4. The first kappa shape index (κ1) is 22.9. The Morgan fingerprint density at radius 2 is 1.44 bits per heavy atom.